The van der Waals surface area contributed by atoms with E-state index in [1.54, 1.807) is 0 Å². The van der Waals surface area contributed by atoms with Gasteiger partial charge in [-0.05, 0) is 31.0 Å². The van der Waals surface area contributed by atoms with Gasteiger partial charge in [-0.3, -0.25) is 4.79 Å². The fraction of sp³-hybridized carbons (Fsp3) is 0.462. The first-order valence-corrected chi connectivity index (χ1v) is 7.00. The number of rotatable bonds is 4. The van der Waals surface area contributed by atoms with E-state index in [4.69, 9.17) is 0 Å². The second-order valence-corrected chi connectivity index (χ2v) is 5.45. The lowest BCUT2D eigenvalue weighted by Gasteiger charge is -2.26. The molecule has 0 fully saturated rings. The van der Waals surface area contributed by atoms with Gasteiger partial charge in [-0.2, -0.15) is 0 Å². The molecule has 1 amide bonds. The summed E-state index contributed by atoms with van der Waals surface area (Å²) in [6.45, 7) is 4.20. The molecule has 0 aliphatic heterocycles. The van der Waals surface area contributed by atoms with Crippen molar-refractivity contribution >= 4 is 34.5 Å². The van der Waals surface area contributed by atoms with Gasteiger partial charge in [0.1, 0.15) is 0 Å². The molecular weight excluding hydrogens is 298 g/mol. The Morgan fingerprint density at radius 3 is 2.47 bits per heavy atom. The lowest BCUT2D eigenvalue weighted by molar-refractivity contribution is 0.0720. The molecule has 1 aromatic carbocycles. The summed E-state index contributed by atoms with van der Waals surface area (Å²) in [7, 11) is 1.86. The van der Waals surface area contributed by atoms with E-state index in [1.807, 2.05) is 30.1 Å². The van der Waals surface area contributed by atoms with Gasteiger partial charge in [0.2, 0.25) is 0 Å². The van der Waals surface area contributed by atoms with Crippen LogP contribution in [0.15, 0.2) is 27.6 Å². The zero-order valence-corrected chi connectivity index (χ0v) is 12.9. The molecule has 0 aromatic heterocycles. The highest BCUT2D eigenvalue weighted by Gasteiger charge is 2.19. The van der Waals surface area contributed by atoms with E-state index in [1.165, 1.54) is 0 Å². The van der Waals surface area contributed by atoms with Crippen molar-refractivity contribution in [3.8, 4) is 0 Å². The first-order chi connectivity index (χ1) is 8.01. The van der Waals surface area contributed by atoms with Crippen LogP contribution in [-0.2, 0) is 0 Å². The van der Waals surface area contributed by atoms with Crippen LogP contribution in [0.1, 0.15) is 37.0 Å². The van der Waals surface area contributed by atoms with Gasteiger partial charge in [0, 0.05) is 22.5 Å². The smallest absolute Gasteiger partial charge is 0.254 e. The summed E-state index contributed by atoms with van der Waals surface area (Å²) >= 11 is 7.72. The normalized spacial score (nSPS) is 10.7. The number of carbonyl (C=O) groups excluding carboxylic acids is 1. The Bertz CT molecular complexity index is 404. The average Bonchev–Trinajstić information content (AvgIpc) is 2.29. The Kier molecular flexibility index (Phi) is 5.53. The SMILES string of the molecule is CCC(CC)N(C)C(=O)c1ccc(Br)cc1S. The predicted octanol–water partition coefficient (Wildman–Crippen LogP) is 4.00. The molecule has 1 rings (SSSR count). The van der Waals surface area contributed by atoms with E-state index < -0.39 is 0 Å². The molecular formula is C13H18BrNOS. The van der Waals surface area contributed by atoms with E-state index in [9.17, 15) is 4.79 Å². The molecule has 2 nitrogen and oxygen atoms in total. The van der Waals surface area contributed by atoms with Crippen LogP contribution in [-0.4, -0.2) is 23.9 Å². The number of halogens is 1. The molecule has 0 saturated heterocycles. The minimum Gasteiger partial charge on any atom is -0.339 e. The molecule has 0 bridgehead atoms. The largest absolute Gasteiger partial charge is 0.339 e. The van der Waals surface area contributed by atoms with Crippen LogP contribution in [0.25, 0.3) is 0 Å². The van der Waals surface area contributed by atoms with Gasteiger partial charge < -0.3 is 4.90 Å². The summed E-state index contributed by atoms with van der Waals surface area (Å²) in [5.41, 5.74) is 0.658. The predicted molar refractivity (Wildman–Crippen MR) is 77.9 cm³/mol. The van der Waals surface area contributed by atoms with Crippen molar-refractivity contribution in [2.24, 2.45) is 0 Å². The molecule has 94 valence electrons. The number of hydrogen-bond acceptors (Lipinski definition) is 2. The highest BCUT2D eigenvalue weighted by atomic mass is 79.9. The number of nitrogens with zero attached hydrogens (tertiary/aromatic N) is 1. The van der Waals surface area contributed by atoms with Crippen molar-refractivity contribution in [2.75, 3.05) is 7.05 Å². The first kappa shape index (κ1) is 14.6. The molecule has 0 atom stereocenters. The Morgan fingerprint density at radius 1 is 1.41 bits per heavy atom. The molecule has 4 heteroatoms. The number of amides is 1. The highest BCUT2D eigenvalue weighted by Crippen LogP contribution is 2.22. The third kappa shape index (κ3) is 3.49. The minimum atomic E-state index is 0.0381. The molecule has 0 saturated carbocycles. The monoisotopic (exact) mass is 315 g/mol. The summed E-state index contributed by atoms with van der Waals surface area (Å²) < 4.78 is 0.934. The third-order valence-electron chi connectivity index (χ3n) is 3.00. The summed E-state index contributed by atoms with van der Waals surface area (Å²) in [6.07, 6.45) is 1.94. The summed E-state index contributed by atoms with van der Waals surface area (Å²) in [6, 6.07) is 5.82. The fourth-order valence-electron chi connectivity index (χ4n) is 1.88. The number of benzene rings is 1. The zero-order chi connectivity index (χ0) is 13.0. The highest BCUT2D eigenvalue weighted by molar-refractivity contribution is 9.10. The minimum absolute atomic E-state index is 0.0381. The molecule has 0 N–H and O–H groups in total. The maximum atomic E-state index is 12.3. The number of carbonyl (C=O) groups is 1. The van der Waals surface area contributed by atoms with Gasteiger partial charge in [0.15, 0.2) is 0 Å². The lowest BCUT2D eigenvalue weighted by Crippen LogP contribution is -2.36. The summed E-state index contributed by atoms with van der Waals surface area (Å²) in [5.74, 6) is 0.0381. The van der Waals surface area contributed by atoms with Gasteiger partial charge in [-0.1, -0.05) is 29.8 Å². The molecule has 17 heavy (non-hydrogen) atoms. The summed E-state index contributed by atoms with van der Waals surface area (Å²) in [5, 5.41) is 0. The van der Waals surface area contributed by atoms with Crippen LogP contribution < -0.4 is 0 Å². The Balaban J connectivity index is 2.96. The van der Waals surface area contributed by atoms with Gasteiger partial charge in [0.05, 0.1) is 5.56 Å². The molecule has 0 spiro atoms. The van der Waals surface area contributed by atoms with Crippen LogP contribution in [0.5, 0.6) is 0 Å². The van der Waals surface area contributed by atoms with E-state index in [2.05, 4.69) is 42.4 Å². The molecule has 0 radical (unpaired) electrons. The van der Waals surface area contributed by atoms with Crippen molar-refractivity contribution in [1.82, 2.24) is 4.90 Å². The van der Waals surface area contributed by atoms with Crippen LogP contribution in [0.4, 0.5) is 0 Å². The van der Waals surface area contributed by atoms with Crippen molar-refractivity contribution in [3.05, 3.63) is 28.2 Å². The van der Waals surface area contributed by atoms with E-state index in [0.29, 0.717) is 16.5 Å². The fourth-order valence-corrected chi connectivity index (χ4v) is 2.73. The molecule has 0 unspecified atom stereocenters. The third-order valence-corrected chi connectivity index (χ3v) is 3.86. The van der Waals surface area contributed by atoms with E-state index in [-0.39, 0.29) is 5.91 Å². The Hall–Kier alpha value is -0.480. The molecule has 1 aromatic rings. The Labute approximate surface area is 117 Å². The van der Waals surface area contributed by atoms with Crippen LogP contribution in [0.3, 0.4) is 0 Å². The quantitative estimate of drug-likeness (QED) is 0.833. The standard InChI is InChI=1S/C13H18BrNOS/c1-4-10(5-2)15(3)13(16)11-7-6-9(14)8-12(11)17/h6-8,10,17H,4-5H2,1-3H3. The number of hydrogen-bond donors (Lipinski definition) is 1. The lowest BCUT2D eigenvalue weighted by atomic mass is 10.1. The van der Waals surface area contributed by atoms with Crippen molar-refractivity contribution in [2.45, 2.75) is 37.6 Å². The molecule has 0 aliphatic rings. The first-order valence-electron chi connectivity index (χ1n) is 5.76. The topological polar surface area (TPSA) is 20.3 Å². The Morgan fingerprint density at radius 2 is 2.00 bits per heavy atom. The molecule has 0 heterocycles. The molecule has 0 aliphatic carbocycles. The van der Waals surface area contributed by atoms with Gasteiger partial charge in [-0.15, -0.1) is 12.6 Å². The average molecular weight is 316 g/mol. The van der Waals surface area contributed by atoms with Gasteiger partial charge in [-0.25, -0.2) is 0 Å². The zero-order valence-electron chi connectivity index (χ0n) is 10.4. The van der Waals surface area contributed by atoms with Crippen molar-refractivity contribution < 1.29 is 4.79 Å². The van der Waals surface area contributed by atoms with E-state index in [0.717, 1.165) is 17.3 Å². The maximum absolute atomic E-state index is 12.3. The van der Waals surface area contributed by atoms with Gasteiger partial charge in [0.25, 0.3) is 5.91 Å². The van der Waals surface area contributed by atoms with Crippen molar-refractivity contribution in [1.29, 1.82) is 0 Å². The van der Waals surface area contributed by atoms with Crippen LogP contribution in [0.2, 0.25) is 0 Å². The van der Waals surface area contributed by atoms with Gasteiger partial charge >= 0.3 is 0 Å². The van der Waals surface area contributed by atoms with Crippen LogP contribution in [0, 0.1) is 0 Å². The maximum Gasteiger partial charge on any atom is 0.254 e. The number of thiol groups is 1. The van der Waals surface area contributed by atoms with Crippen molar-refractivity contribution in [3.63, 3.8) is 0 Å². The second kappa shape index (κ2) is 6.45. The second-order valence-electron chi connectivity index (χ2n) is 4.05. The van der Waals surface area contributed by atoms with Crippen LogP contribution >= 0.6 is 28.6 Å². The van der Waals surface area contributed by atoms with E-state index >= 15 is 0 Å². The summed E-state index contributed by atoms with van der Waals surface area (Å²) in [4.78, 5) is 14.8.